The molecule has 0 bridgehead atoms. The number of benzene rings is 1. The molecule has 0 fully saturated rings. The van der Waals surface area contributed by atoms with E-state index in [2.05, 4.69) is 6.92 Å². The van der Waals surface area contributed by atoms with Crippen LogP contribution in [-0.4, -0.2) is 35.4 Å². The van der Waals surface area contributed by atoms with E-state index in [0.717, 1.165) is 46.3 Å². The van der Waals surface area contributed by atoms with Crippen molar-refractivity contribution in [3.8, 4) is 0 Å². The normalized spacial score (nSPS) is 15.7. The van der Waals surface area contributed by atoms with Gasteiger partial charge in [-0.2, -0.15) is 0 Å². The van der Waals surface area contributed by atoms with Gasteiger partial charge in [0.05, 0.1) is 17.6 Å². The molecule has 6 heteroatoms. The number of ether oxygens (including phenoxy) is 1. The van der Waals surface area contributed by atoms with Gasteiger partial charge in [-0.05, 0) is 48.3 Å². The summed E-state index contributed by atoms with van der Waals surface area (Å²) in [6.07, 6.45) is 2.74. The molecule has 29 heavy (non-hydrogen) atoms. The summed E-state index contributed by atoms with van der Waals surface area (Å²) in [5, 5.41) is 2.77. The van der Waals surface area contributed by atoms with E-state index in [1.165, 1.54) is 0 Å². The summed E-state index contributed by atoms with van der Waals surface area (Å²) in [6.45, 7) is 2.44. The number of carbonyl (C=O) groups excluding carboxylic acids is 2. The highest BCUT2D eigenvalue weighted by Crippen LogP contribution is 2.32. The number of thiophene rings is 1. The predicted octanol–water partition coefficient (Wildman–Crippen LogP) is 4.24. The summed E-state index contributed by atoms with van der Waals surface area (Å²) in [7, 11) is 1.72. The monoisotopic (exact) mass is 408 g/mol. The number of nitrogens with zero attached hydrogens (tertiary/aromatic N) is 2. The Balaban J connectivity index is 1.55. The summed E-state index contributed by atoms with van der Waals surface area (Å²) in [4.78, 5) is 33.0. The molecule has 0 aliphatic heterocycles. The summed E-state index contributed by atoms with van der Waals surface area (Å²) < 4.78 is 5.49. The summed E-state index contributed by atoms with van der Waals surface area (Å²) >= 11 is 1.60. The molecule has 1 aromatic carbocycles. The van der Waals surface area contributed by atoms with Gasteiger partial charge in [0.1, 0.15) is 0 Å². The quantitative estimate of drug-likeness (QED) is 0.593. The third kappa shape index (κ3) is 4.17. The largest absolute Gasteiger partial charge is 0.452 e. The minimum Gasteiger partial charge on any atom is -0.452 e. The van der Waals surface area contributed by atoms with Gasteiger partial charge in [-0.25, -0.2) is 4.79 Å². The average Bonchev–Trinajstić information content (AvgIpc) is 3.23. The van der Waals surface area contributed by atoms with E-state index in [0.29, 0.717) is 18.0 Å². The van der Waals surface area contributed by atoms with Gasteiger partial charge >= 0.3 is 5.97 Å². The molecule has 2 heterocycles. The minimum atomic E-state index is -0.438. The molecule has 1 aliphatic carbocycles. The van der Waals surface area contributed by atoms with Crippen molar-refractivity contribution in [3.05, 3.63) is 63.5 Å². The molecule has 1 unspecified atom stereocenters. The molecule has 0 spiro atoms. The maximum absolute atomic E-state index is 13.1. The standard InChI is InChI=1S/C23H24N2O3S/c1-15-9-10-20-18(12-15)22(17-7-3-4-8-19(17)24-20)23(27)28-14-21(26)25(2)13-16-6-5-11-29-16/h3-8,11,15H,9-10,12-14H2,1-2H3. The first kappa shape index (κ1) is 19.6. The van der Waals surface area contributed by atoms with Crippen LogP contribution in [0.2, 0.25) is 0 Å². The lowest BCUT2D eigenvalue weighted by molar-refractivity contribution is -0.133. The zero-order valence-electron chi connectivity index (χ0n) is 16.7. The van der Waals surface area contributed by atoms with Crippen LogP contribution in [0.5, 0.6) is 0 Å². The second kappa shape index (κ2) is 8.33. The summed E-state index contributed by atoms with van der Waals surface area (Å²) in [6, 6.07) is 11.6. The Hall–Kier alpha value is -2.73. The highest BCUT2D eigenvalue weighted by Gasteiger charge is 2.26. The number of aromatic nitrogens is 1. The molecule has 1 aliphatic rings. The molecule has 0 saturated heterocycles. The van der Waals surface area contributed by atoms with Gasteiger partial charge in [0.2, 0.25) is 0 Å². The van der Waals surface area contributed by atoms with Crippen molar-refractivity contribution in [3.63, 3.8) is 0 Å². The molecule has 1 amide bonds. The van der Waals surface area contributed by atoms with Gasteiger partial charge in [-0.15, -0.1) is 11.3 Å². The van der Waals surface area contributed by atoms with E-state index in [-0.39, 0.29) is 12.5 Å². The van der Waals surface area contributed by atoms with Crippen LogP contribution in [0.25, 0.3) is 10.9 Å². The minimum absolute atomic E-state index is 0.215. The number of fused-ring (bicyclic) bond motifs is 2. The smallest absolute Gasteiger partial charge is 0.339 e. The number of hydrogen-bond donors (Lipinski definition) is 0. The van der Waals surface area contributed by atoms with Gasteiger partial charge in [0.25, 0.3) is 5.91 Å². The molecule has 0 radical (unpaired) electrons. The third-order valence-corrected chi connectivity index (χ3v) is 6.30. The summed E-state index contributed by atoms with van der Waals surface area (Å²) in [5.41, 5.74) is 3.33. The SMILES string of the molecule is CC1CCc2nc3ccccc3c(C(=O)OCC(=O)N(C)Cc3cccs3)c2C1. The van der Waals surface area contributed by atoms with E-state index in [4.69, 9.17) is 9.72 Å². The lowest BCUT2D eigenvalue weighted by atomic mass is 9.84. The molecule has 5 nitrogen and oxygen atoms in total. The number of rotatable bonds is 5. The maximum Gasteiger partial charge on any atom is 0.339 e. The molecule has 2 aromatic heterocycles. The van der Waals surface area contributed by atoms with Gasteiger partial charge < -0.3 is 9.64 Å². The average molecular weight is 409 g/mol. The van der Waals surface area contributed by atoms with Crippen molar-refractivity contribution in [1.29, 1.82) is 0 Å². The van der Waals surface area contributed by atoms with E-state index in [9.17, 15) is 9.59 Å². The first-order valence-corrected chi connectivity index (χ1v) is 10.7. The maximum atomic E-state index is 13.1. The predicted molar refractivity (Wildman–Crippen MR) is 114 cm³/mol. The molecule has 0 N–H and O–H groups in total. The Bertz CT molecular complexity index is 1050. The van der Waals surface area contributed by atoms with Gasteiger partial charge in [-0.3, -0.25) is 9.78 Å². The van der Waals surface area contributed by atoms with Crippen LogP contribution in [0.4, 0.5) is 0 Å². The Morgan fingerprint density at radius 1 is 1.24 bits per heavy atom. The Morgan fingerprint density at radius 3 is 2.86 bits per heavy atom. The second-order valence-corrected chi connectivity index (χ2v) is 8.71. The zero-order valence-corrected chi connectivity index (χ0v) is 17.5. The van der Waals surface area contributed by atoms with Crippen LogP contribution in [0.1, 0.15) is 39.8 Å². The van der Waals surface area contributed by atoms with Crippen LogP contribution in [0, 0.1) is 5.92 Å². The van der Waals surface area contributed by atoms with Crippen LogP contribution in [0.3, 0.4) is 0 Å². The molecule has 4 rings (SSSR count). The molecule has 0 saturated carbocycles. The van der Waals surface area contributed by atoms with Crippen LogP contribution >= 0.6 is 11.3 Å². The number of likely N-dealkylation sites (N-methyl/N-ethyl adjacent to an activating group) is 1. The van der Waals surface area contributed by atoms with Gasteiger partial charge in [-0.1, -0.05) is 31.2 Å². The Kier molecular flexibility index (Phi) is 5.62. The number of pyridine rings is 1. The van der Waals surface area contributed by atoms with Crippen LogP contribution in [0.15, 0.2) is 41.8 Å². The van der Waals surface area contributed by atoms with Gasteiger partial charge in [0, 0.05) is 23.0 Å². The van der Waals surface area contributed by atoms with E-state index in [1.54, 1.807) is 23.3 Å². The fourth-order valence-corrected chi connectivity index (χ4v) is 4.59. The molecule has 1 atom stereocenters. The molecular formula is C23H24N2O3S. The molecular weight excluding hydrogens is 384 g/mol. The van der Waals surface area contributed by atoms with Crippen molar-refractivity contribution in [2.45, 2.75) is 32.7 Å². The highest BCUT2D eigenvalue weighted by atomic mass is 32.1. The van der Waals surface area contributed by atoms with E-state index in [1.807, 2.05) is 41.8 Å². The number of para-hydroxylation sites is 1. The van der Waals surface area contributed by atoms with Crippen molar-refractivity contribution in [1.82, 2.24) is 9.88 Å². The Morgan fingerprint density at radius 2 is 2.07 bits per heavy atom. The van der Waals surface area contributed by atoms with E-state index < -0.39 is 5.97 Å². The molecule has 3 aromatic rings. The lowest BCUT2D eigenvalue weighted by Gasteiger charge is -2.24. The first-order chi connectivity index (χ1) is 14.0. The van der Waals surface area contributed by atoms with Crippen molar-refractivity contribution < 1.29 is 14.3 Å². The number of hydrogen-bond acceptors (Lipinski definition) is 5. The topological polar surface area (TPSA) is 59.5 Å². The van der Waals surface area contributed by atoms with E-state index >= 15 is 0 Å². The number of carbonyl (C=O) groups is 2. The van der Waals surface area contributed by atoms with Crippen molar-refractivity contribution in [2.24, 2.45) is 5.92 Å². The number of amides is 1. The first-order valence-electron chi connectivity index (χ1n) is 9.87. The van der Waals surface area contributed by atoms with Crippen molar-refractivity contribution >= 4 is 34.1 Å². The second-order valence-electron chi connectivity index (χ2n) is 7.68. The number of esters is 1. The molecule has 150 valence electrons. The zero-order chi connectivity index (χ0) is 20.4. The lowest BCUT2D eigenvalue weighted by Crippen LogP contribution is -2.31. The number of aryl methyl sites for hydroxylation is 1. The fourth-order valence-electron chi connectivity index (χ4n) is 3.83. The highest BCUT2D eigenvalue weighted by molar-refractivity contribution is 7.09. The van der Waals surface area contributed by atoms with Gasteiger partial charge in [0.15, 0.2) is 6.61 Å². The summed E-state index contributed by atoms with van der Waals surface area (Å²) in [5.74, 6) is -0.158. The van der Waals surface area contributed by atoms with Crippen LogP contribution < -0.4 is 0 Å². The Labute approximate surface area is 174 Å². The third-order valence-electron chi connectivity index (χ3n) is 5.44. The van der Waals surface area contributed by atoms with Crippen LogP contribution in [-0.2, 0) is 28.9 Å². The van der Waals surface area contributed by atoms with Crippen molar-refractivity contribution in [2.75, 3.05) is 13.7 Å². The fraction of sp³-hybridized carbons (Fsp3) is 0.348.